The average Bonchev–Trinajstić information content (AvgIpc) is 3.40. The molecule has 0 bridgehead atoms. The van der Waals surface area contributed by atoms with Crippen molar-refractivity contribution in [2.75, 3.05) is 23.7 Å². The maximum absolute atomic E-state index is 13.0. The van der Waals surface area contributed by atoms with Crippen molar-refractivity contribution in [3.8, 4) is 0 Å². The summed E-state index contributed by atoms with van der Waals surface area (Å²) in [5.41, 5.74) is 7.94. The number of guanidine groups is 1. The van der Waals surface area contributed by atoms with Crippen molar-refractivity contribution in [2.45, 2.75) is 25.9 Å². The van der Waals surface area contributed by atoms with E-state index in [1.54, 1.807) is 24.4 Å². The Hall–Kier alpha value is -4.41. The molecular formula is C26H26F3N7O. The summed E-state index contributed by atoms with van der Waals surface area (Å²) in [5, 5.41) is 5.60. The standard InChI is InChI=1S/C26H26F3N7O/c1-3-31-21-15-32-25(36-11-4-5-12-36)35-22(21)23(30)34-20-13-17(10-9-16(20)2)24(37)33-19-8-6-7-18(14-19)26(27,28)29/h3,6-10,13-15,34H,1,4-5,11-12,30H2,2H3,(H,33,37)/b23-22-,31-21-. The van der Waals surface area contributed by atoms with E-state index in [1.165, 1.54) is 18.3 Å². The zero-order valence-electron chi connectivity index (χ0n) is 20.1. The molecule has 0 saturated carbocycles. The number of halogens is 3. The molecule has 4 rings (SSSR count). The van der Waals surface area contributed by atoms with Crippen molar-refractivity contribution in [1.29, 1.82) is 0 Å². The number of hydrogen-bond donors (Lipinski definition) is 3. The number of alkyl halides is 3. The number of aryl methyl sites for hydroxylation is 1. The molecule has 0 unspecified atom stereocenters. The van der Waals surface area contributed by atoms with Gasteiger partial charge in [-0.2, -0.15) is 13.2 Å². The summed E-state index contributed by atoms with van der Waals surface area (Å²) in [6, 6.07) is 9.31. The largest absolute Gasteiger partial charge is 0.416 e. The number of benzene rings is 2. The molecule has 1 fully saturated rings. The van der Waals surface area contributed by atoms with E-state index in [0.717, 1.165) is 43.6 Å². The van der Waals surface area contributed by atoms with Crippen LogP contribution in [-0.2, 0) is 6.18 Å². The lowest BCUT2D eigenvalue weighted by Crippen LogP contribution is -2.31. The van der Waals surface area contributed by atoms with E-state index in [9.17, 15) is 18.0 Å². The van der Waals surface area contributed by atoms with Crippen LogP contribution in [0.5, 0.6) is 0 Å². The lowest BCUT2D eigenvalue weighted by Gasteiger charge is -2.21. The fourth-order valence-electron chi connectivity index (χ4n) is 3.91. The highest BCUT2D eigenvalue weighted by Crippen LogP contribution is 2.31. The molecule has 1 amide bonds. The van der Waals surface area contributed by atoms with Gasteiger partial charge in [-0.25, -0.2) is 9.98 Å². The molecule has 2 aliphatic rings. The summed E-state index contributed by atoms with van der Waals surface area (Å²) >= 11 is 0. The van der Waals surface area contributed by atoms with E-state index in [0.29, 0.717) is 23.1 Å². The molecule has 2 aromatic rings. The number of anilines is 2. The van der Waals surface area contributed by atoms with E-state index in [2.05, 4.69) is 37.1 Å². The Balaban J connectivity index is 1.59. The summed E-state index contributed by atoms with van der Waals surface area (Å²) in [6.07, 6.45) is 0.557. The van der Waals surface area contributed by atoms with Crippen molar-refractivity contribution >= 4 is 35.2 Å². The third kappa shape index (κ3) is 6.05. The van der Waals surface area contributed by atoms with Crippen LogP contribution in [0, 0.1) is 6.92 Å². The molecule has 37 heavy (non-hydrogen) atoms. The number of carbonyl (C=O) groups is 1. The second-order valence-corrected chi connectivity index (χ2v) is 8.51. The number of rotatable bonds is 5. The first-order valence-corrected chi connectivity index (χ1v) is 11.6. The molecule has 11 heteroatoms. The lowest BCUT2D eigenvalue weighted by molar-refractivity contribution is -0.137. The van der Waals surface area contributed by atoms with Gasteiger partial charge >= 0.3 is 6.18 Å². The van der Waals surface area contributed by atoms with Gasteiger partial charge in [0.05, 0.1) is 11.8 Å². The Bertz CT molecular complexity index is 1340. The highest BCUT2D eigenvalue weighted by molar-refractivity contribution is 6.41. The van der Waals surface area contributed by atoms with Gasteiger partial charge in [0, 0.05) is 36.2 Å². The van der Waals surface area contributed by atoms with Gasteiger partial charge in [-0.1, -0.05) is 18.7 Å². The van der Waals surface area contributed by atoms with E-state index in [1.807, 2.05) is 6.92 Å². The van der Waals surface area contributed by atoms with Gasteiger partial charge in [-0.3, -0.25) is 9.79 Å². The average molecular weight is 510 g/mol. The Morgan fingerprint density at radius 1 is 1.16 bits per heavy atom. The van der Waals surface area contributed by atoms with Crippen LogP contribution in [0.4, 0.5) is 24.5 Å². The first-order valence-electron chi connectivity index (χ1n) is 11.6. The van der Waals surface area contributed by atoms with Gasteiger partial charge in [0.2, 0.25) is 5.96 Å². The normalized spacial score (nSPS) is 18.0. The summed E-state index contributed by atoms with van der Waals surface area (Å²) in [5.74, 6) is 0.176. The molecule has 0 atom stereocenters. The van der Waals surface area contributed by atoms with Crippen molar-refractivity contribution in [3.63, 3.8) is 0 Å². The molecule has 0 radical (unpaired) electrons. The maximum Gasteiger partial charge on any atom is 0.416 e. The Morgan fingerprint density at radius 2 is 1.92 bits per heavy atom. The highest BCUT2D eigenvalue weighted by atomic mass is 19.4. The van der Waals surface area contributed by atoms with Gasteiger partial charge in [-0.15, -0.1) is 0 Å². The molecule has 4 N–H and O–H groups in total. The quantitative estimate of drug-likeness (QED) is 0.531. The monoisotopic (exact) mass is 509 g/mol. The van der Waals surface area contributed by atoms with Crippen molar-refractivity contribution in [3.05, 3.63) is 83.5 Å². The topological polar surface area (TPSA) is 107 Å². The molecule has 1 saturated heterocycles. The third-order valence-corrected chi connectivity index (χ3v) is 5.85. The van der Waals surface area contributed by atoms with Crippen molar-refractivity contribution in [1.82, 2.24) is 4.90 Å². The van der Waals surface area contributed by atoms with Crippen LogP contribution in [0.25, 0.3) is 0 Å². The van der Waals surface area contributed by atoms with Crippen LogP contribution < -0.4 is 16.4 Å². The molecule has 192 valence electrons. The van der Waals surface area contributed by atoms with Crippen LogP contribution in [0.2, 0.25) is 0 Å². The number of nitrogens with two attached hydrogens (primary N) is 1. The van der Waals surface area contributed by atoms with E-state index >= 15 is 0 Å². The predicted octanol–water partition coefficient (Wildman–Crippen LogP) is 4.93. The zero-order chi connectivity index (χ0) is 26.6. The number of carbonyl (C=O) groups excluding carboxylic acids is 1. The summed E-state index contributed by atoms with van der Waals surface area (Å²) in [7, 11) is 0. The first-order chi connectivity index (χ1) is 17.7. The number of aliphatic imine (C=N–C) groups is 3. The maximum atomic E-state index is 13.0. The number of nitrogens with zero attached hydrogens (tertiary/aromatic N) is 4. The van der Waals surface area contributed by atoms with E-state index in [-0.39, 0.29) is 17.1 Å². The zero-order valence-corrected chi connectivity index (χ0v) is 20.1. The minimum absolute atomic E-state index is 0.0343. The van der Waals surface area contributed by atoms with E-state index in [4.69, 9.17) is 5.73 Å². The fraction of sp³-hybridized carbons (Fsp3) is 0.231. The minimum Gasteiger partial charge on any atom is -0.383 e. The third-order valence-electron chi connectivity index (χ3n) is 5.85. The van der Waals surface area contributed by atoms with Crippen LogP contribution in [0.1, 0.15) is 34.3 Å². The number of hydrogen-bond acceptors (Lipinski definition) is 7. The number of amides is 1. The Morgan fingerprint density at radius 3 is 2.62 bits per heavy atom. The summed E-state index contributed by atoms with van der Waals surface area (Å²) < 4.78 is 39.1. The lowest BCUT2D eigenvalue weighted by atomic mass is 10.1. The smallest absolute Gasteiger partial charge is 0.383 e. The minimum atomic E-state index is -4.51. The van der Waals surface area contributed by atoms with Gasteiger partial charge in [0.25, 0.3) is 5.91 Å². The summed E-state index contributed by atoms with van der Waals surface area (Å²) in [6.45, 7) is 7.16. The van der Waals surface area contributed by atoms with Crippen LogP contribution in [0.3, 0.4) is 0 Å². The van der Waals surface area contributed by atoms with Crippen molar-refractivity contribution in [2.24, 2.45) is 20.7 Å². The number of nitrogens with one attached hydrogen (secondary N) is 2. The predicted molar refractivity (Wildman–Crippen MR) is 140 cm³/mol. The fourth-order valence-corrected chi connectivity index (χ4v) is 3.91. The second-order valence-electron chi connectivity index (χ2n) is 8.51. The van der Waals surface area contributed by atoms with Crippen LogP contribution in [-0.4, -0.2) is 41.8 Å². The SMILES string of the molecule is C=C/N=C1/C=NC(N2CCCC2)=N/C1=C(/N)Nc1cc(C(=O)Nc2cccc(C(F)(F)F)c2)ccc1C. The summed E-state index contributed by atoms with van der Waals surface area (Å²) in [4.78, 5) is 28.1. The van der Waals surface area contributed by atoms with Gasteiger partial charge < -0.3 is 21.3 Å². The van der Waals surface area contributed by atoms with Crippen molar-refractivity contribution < 1.29 is 18.0 Å². The molecule has 0 aliphatic carbocycles. The molecule has 2 aromatic carbocycles. The Kier molecular flexibility index (Phi) is 7.42. The van der Waals surface area contributed by atoms with Gasteiger partial charge in [0.1, 0.15) is 17.2 Å². The molecule has 0 aromatic heterocycles. The molecular weight excluding hydrogens is 483 g/mol. The molecule has 2 aliphatic heterocycles. The molecule has 2 heterocycles. The number of allylic oxidation sites excluding steroid dienone is 1. The van der Waals surface area contributed by atoms with Crippen LogP contribution in [0.15, 0.2) is 81.7 Å². The number of likely N-dealkylation sites (tertiary alicyclic amines) is 1. The van der Waals surface area contributed by atoms with E-state index < -0.39 is 17.6 Å². The van der Waals surface area contributed by atoms with Gasteiger partial charge in [0.15, 0.2) is 0 Å². The highest BCUT2D eigenvalue weighted by Gasteiger charge is 2.30. The molecule has 8 nitrogen and oxygen atoms in total. The first kappa shape index (κ1) is 25.7. The second kappa shape index (κ2) is 10.7. The van der Waals surface area contributed by atoms with Crippen LogP contribution >= 0.6 is 0 Å². The van der Waals surface area contributed by atoms with Gasteiger partial charge in [-0.05, 0) is 55.7 Å². The Labute approximate surface area is 212 Å². The molecule has 0 spiro atoms.